The number of nitrogens with zero attached hydrogens (tertiary/aromatic N) is 3. The molecule has 1 atom stereocenters. The van der Waals surface area contributed by atoms with Gasteiger partial charge in [-0.3, -0.25) is 4.79 Å². The van der Waals surface area contributed by atoms with Crippen molar-refractivity contribution in [1.29, 1.82) is 0 Å². The number of benzene rings is 1. The van der Waals surface area contributed by atoms with Gasteiger partial charge in [0.05, 0.1) is 16.6 Å². The molecule has 3 aromatic rings. The summed E-state index contributed by atoms with van der Waals surface area (Å²) < 4.78 is 1.89. The molecule has 0 aliphatic rings. The van der Waals surface area contributed by atoms with E-state index >= 15 is 0 Å². The number of aryl methyl sites for hydroxylation is 1. The molecule has 0 N–H and O–H groups in total. The fourth-order valence-corrected chi connectivity index (χ4v) is 3.71. The standard InChI is InChI=1S/C21H25N3OS/c1-13-19(16-10-8-7-9-11-16)20-22-17(21(4,5)6)12-18(24(20)23-13)26-15(3)14(2)25/h7-12,15H,1-6H3/t15-/m0/s1. The van der Waals surface area contributed by atoms with E-state index in [4.69, 9.17) is 10.1 Å². The average molecular weight is 368 g/mol. The van der Waals surface area contributed by atoms with E-state index in [-0.39, 0.29) is 16.4 Å². The van der Waals surface area contributed by atoms with Crippen LogP contribution in [0, 0.1) is 6.92 Å². The van der Waals surface area contributed by atoms with E-state index in [1.165, 1.54) is 11.8 Å². The van der Waals surface area contributed by atoms with Crippen molar-refractivity contribution < 1.29 is 4.79 Å². The first-order valence-electron chi connectivity index (χ1n) is 8.82. The molecule has 5 heteroatoms. The van der Waals surface area contributed by atoms with Crippen LogP contribution >= 0.6 is 11.8 Å². The van der Waals surface area contributed by atoms with Gasteiger partial charge < -0.3 is 0 Å². The monoisotopic (exact) mass is 367 g/mol. The van der Waals surface area contributed by atoms with Crippen LogP contribution in [0.4, 0.5) is 0 Å². The highest BCUT2D eigenvalue weighted by Crippen LogP contribution is 2.34. The Morgan fingerprint density at radius 2 is 1.85 bits per heavy atom. The highest BCUT2D eigenvalue weighted by molar-refractivity contribution is 8.00. The number of thioether (sulfide) groups is 1. The zero-order chi connectivity index (χ0) is 19.1. The third-order valence-electron chi connectivity index (χ3n) is 4.43. The second-order valence-corrected chi connectivity index (χ2v) is 9.02. The van der Waals surface area contributed by atoms with E-state index in [1.54, 1.807) is 6.92 Å². The second kappa shape index (κ2) is 6.88. The van der Waals surface area contributed by atoms with Crippen LogP contribution in [0.25, 0.3) is 16.8 Å². The highest BCUT2D eigenvalue weighted by Gasteiger charge is 2.23. The third kappa shape index (κ3) is 3.54. The molecule has 1 aromatic carbocycles. The Kier molecular flexibility index (Phi) is 4.93. The molecule has 0 bridgehead atoms. The van der Waals surface area contributed by atoms with Gasteiger partial charge in [0.15, 0.2) is 5.65 Å². The zero-order valence-corrected chi connectivity index (χ0v) is 17.0. The molecule has 0 radical (unpaired) electrons. The average Bonchev–Trinajstić information content (AvgIpc) is 2.91. The van der Waals surface area contributed by atoms with Gasteiger partial charge in [0.25, 0.3) is 0 Å². The van der Waals surface area contributed by atoms with E-state index in [0.29, 0.717) is 0 Å². The summed E-state index contributed by atoms with van der Waals surface area (Å²) >= 11 is 1.54. The van der Waals surface area contributed by atoms with Gasteiger partial charge in [0.1, 0.15) is 10.8 Å². The molecule has 0 spiro atoms. The lowest BCUT2D eigenvalue weighted by Gasteiger charge is -2.20. The Balaban J connectivity index is 2.29. The minimum atomic E-state index is -0.127. The summed E-state index contributed by atoms with van der Waals surface area (Å²) in [5.41, 5.74) is 4.85. The van der Waals surface area contributed by atoms with Gasteiger partial charge in [0.2, 0.25) is 0 Å². The first-order chi connectivity index (χ1) is 12.2. The minimum absolute atomic E-state index is 0.0946. The first-order valence-corrected chi connectivity index (χ1v) is 9.70. The summed E-state index contributed by atoms with van der Waals surface area (Å²) in [6, 6.07) is 12.3. The van der Waals surface area contributed by atoms with Crippen molar-refractivity contribution in [3.8, 4) is 11.1 Å². The van der Waals surface area contributed by atoms with Crippen LogP contribution in [0.15, 0.2) is 41.4 Å². The number of fused-ring (bicyclic) bond motifs is 1. The Labute approximate surface area is 159 Å². The molecule has 4 nitrogen and oxygen atoms in total. The summed E-state index contributed by atoms with van der Waals surface area (Å²) in [4.78, 5) is 16.8. The Hall–Kier alpha value is -2.14. The number of Topliss-reactive ketones (excluding diaryl/α,β-unsaturated/α-hetero) is 1. The van der Waals surface area contributed by atoms with Gasteiger partial charge in [-0.1, -0.05) is 62.9 Å². The van der Waals surface area contributed by atoms with Crippen molar-refractivity contribution in [2.75, 3.05) is 0 Å². The van der Waals surface area contributed by atoms with Crippen LogP contribution in [0.5, 0.6) is 0 Å². The zero-order valence-electron chi connectivity index (χ0n) is 16.2. The SMILES string of the molecule is CC(=O)[C@H](C)Sc1cc(C(C)(C)C)nc2c(-c3ccccc3)c(C)nn12. The van der Waals surface area contributed by atoms with Crippen LogP contribution in [-0.4, -0.2) is 25.6 Å². The van der Waals surface area contributed by atoms with E-state index in [9.17, 15) is 4.79 Å². The van der Waals surface area contributed by atoms with Crippen LogP contribution in [0.2, 0.25) is 0 Å². The molecule has 0 aliphatic carbocycles. The topological polar surface area (TPSA) is 47.3 Å². The predicted molar refractivity (Wildman–Crippen MR) is 108 cm³/mol. The Bertz CT molecular complexity index is 955. The number of carbonyl (C=O) groups is 1. The molecule has 0 fully saturated rings. The summed E-state index contributed by atoms with van der Waals surface area (Å²) in [5, 5.41) is 5.57. The molecular weight excluding hydrogens is 342 g/mol. The van der Waals surface area contributed by atoms with E-state index < -0.39 is 0 Å². The number of ketones is 1. The lowest BCUT2D eigenvalue weighted by Crippen LogP contribution is -2.16. The van der Waals surface area contributed by atoms with E-state index in [1.807, 2.05) is 36.6 Å². The van der Waals surface area contributed by atoms with Crippen LogP contribution in [-0.2, 0) is 10.2 Å². The predicted octanol–water partition coefficient (Wildman–Crippen LogP) is 5.07. The highest BCUT2D eigenvalue weighted by atomic mass is 32.2. The van der Waals surface area contributed by atoms with Gasteiger partial charge in [0, 0.05) is 11.0 Å². The van der Waals surface area contributed by atoms with Crippen LogP contribution < -0.4 is 0 Å². The van der Waals surface area contributed by atoms with Crippen molar-refractivity contribution in [3.05, 3.63) is 47.8 Å². The number of hydrogen-bond acceptors (Lipinski definition) is 4. The molecule has 0 aliphatic heterocycles. The summed E-state index contributed by atoms with van der Waals surface area (Å²) in [5.74, 6) is 0.157. The van der Waals surface area contributed by atoms with Gasteiger partial charge >= 0.3 is 0 Å². The lowest BCUT2D eigenvalue weighted by atomic mass is 9.92. The van der Waals surface area contributed by atoms with Crippen molar-refractivity contribution in [1.82, 2.24) is 14.6 Å². The fourth-order valence-electron chi connectivity index (χ4n) is 2.77. The number of rotatable bonds is 4. The molecule has 0 saturated carbocycles. The molecule has 2 heterocycles. The maximum Gasteiger partial charge on any atom is 0.164 e. The van der Waals surface area contributed by atoms with Crippen molar-refractivity contribution in [2.24, 2.45) is 0 Å². The molecule has 0 saturated heterocycles. The molecule has 3 rings (SSSR count). The van der Waals surface area contributed by atoms with Crippen molar-refractivity contribution >= 4 is 23.2 Å². The second-order valence-electron chi connectivity index (χ2n) is 7.66. The number of hydrogen-bond donors (Lipinski definition) is 0. The van der Waals surface area contributed by atoms with Gasteiger partial charge in [-0.15, -0.1) is 0 Å². The Morgan fingerprint density at radius 3 is 2.42 bits per heavy atom. The normalized spacial score (nSPS) is 13.2. The van der Waals surface area contributed by atoms with Gasteiger partial charge in [-0.2, -0.15) is 5.10 Å². The van der Waals surface area contributed by atoms with E-state index in [2.05, 4.69) is 39.0 Å². The number of aromatic nitrogens is 3. The smallest absolute Gasteiger partial charge is 0.164 e. The van der Waals surface area contributed by atoms with Crippen molar-refractivity contribution in [3.63, 3.8) is 0 Å². The minimum Gasteiger partial charge on any atom is -0.299 e. The molecule has 26 heavy (non-hydrogen) atoms. The summed E-state index contributed by atoms with van der Waals surface area (Å²) in [6.07, 6.45) is 0. The largest absolute Gasteiger partial charge is 0.299 e. The van der Waals surface area contributed by atoms with Crippen LogP contribution in [0.3, 0.4) is 0 Å². The molecule has 0 amide bonds. The third-order valence-corrected chi connectivity index (χ3v) is 5.65. The van der Waals surface area contributed by atoms with Crippen LogP contribution in [0.1, 0.15) is 46.0 Å². The molecule has 2 aromatic heterocycles. The molecular formula is C21H25N3OS. The van der Waals surface area contributed by atoms with Gasteiger partial charge in [-0.05, 0) is 32.4 Å². The summed E-state index contributed by atoms with van der Waals surface area (Å²) in [6.45, 7) is 12.0. The lowest BCUT2D eigenvalue weighted by molar-refractivity contribution is -0.116. The quantitative estimate of drug-likeness (QED) is 0.477. The maximum atomic E-state index is 11.8. The maximum absolute atomic E-state index is 11.8. The molecule has 0 unspecified atom stereocenters. The fraction of sp³-hybridized carbons (Fsp3) is 0.381. The Morgan fingerprint density at radius 1 is 1.19 bits per heavy atom. The molecule has 136 valence electrons. The van der Waals surface area contributed by atoms with Crippen molar-refractivity contribution in [2.45, 2.75) is 57.2 Å². The summed E-state index contributed by atoms with van der Waals surface area (Å²) in [7, 11) is 0. The first kappa shape index (κ1) is 18.6. The number of carbonyl (C=O) groups excluding carboxylic acids is 1. The van der Waals surface area contributed by atoms with Gasteiger partial charge in [-0.25, -0.2) is 9.50 Å². The van der Waals surface area contributed by atoms with E-state index in [0.717, 1.165) is 33.2 Å².